The molecule has 1 N–H and O–H groups in total. The second kappa shape index (κ2) is 4.17. The van der Waals surface area contributed by atoms with Gasteiger partial charge in [-0.2, -0.15) is 0 Å². The summed E-state index contributed by atoms with van der Waals surface area (Å²) < 4.78 is 22.3. The molecule has 1 atom stereocenters. The smallest absolute Gasteiger partial charge is 0.269 e. The fourth-order valence-electron chi connectivity index (χ4n) is 1.56. The first kappa shape index (κ1) is 11.6. The molecule has 0 fully saturated rings. The van der Waals surface area contributed by atoms with E-state index in [4.69, 9.17) is 0 Å². The maximum Gasteiger partial charge on any atom is 0.269 e. The van der Waals surface area contributed by atoms with E-state index in [1.54, 1.807) is 18.2 Å². The third-order valence-electron chi connectivity index (χ3n) is 2.36. The topological polar surface area (TPSA) is 89.3 Å². The van der Waals surface area contributed by atoms with Crippen LogP contribution in [-0.2, 0) is 9.84 Å². The van der Waals surface area contributed by atoms with Gasteiger partial charge in [0.1, 0.15) is 0 Å². The van der Waals surface area contributed by atoms with Gasteiger partial charge in [-0.15, -0.1) is 0 Å². The molecule has 0 bridgehead atoms. The standard InChI is InChI=1S/C10H10N2O4S/c13-12(14)10-3-1-8(2-4-10)11-9-5-6-17(15,16)7-9/h1-6,9,11H,7H2. The zero-order valence-corrected chi connectivity index (χ0v) is 9.55. The molecule has 0 saturated carbocycles. The van der Waals surface area contributed by atoms with Crippen LogP contribution >= 0.6 is 0 Å². The molecular weight excluding hydrogens is 244 g/mol. The van der Waals surface area contributed by atoms with Crippen LogP contribution in [0.1, 0.15) is 0 Å². The highest BCUT2D eigenvalue weighted by Crippen LogP contribution is 2.18. The number of nitrogens with zero attached hydrogens (tertiary/aromatic N) is 1. The molecule has 7 heteroatoms. The van der Waals surface area contributed by atoms with Crippen molar-refractivity contribution in [3.8, 4) is 0 Å². The molecule has 6 nitrogen and oxygen atoms in total. The minimum Gasteiger partial charge on any atom is -0.378 e. The van der Waals surface area contributed by atoms with E-state index in [9.17, 15) is 18.5 Å². The van der Waals surface area contributed by atoms with Crippen LogP contribution in [0.3, 0.4) is 0 Å². The van der Waals surface area contributed by atoms with Crippen molar-refractivity contribution in [2.75, 3.05) is 11.1 Å². The summed E-state index contributed by atoms with van der Waals surface area (Å²) >= 11 is 0. The summed E-state index contributed by atoms with van der Waals surface area (Å²) in [4.78, 5) is 9.95. The lowest BCUT2D eigenvalue weighted by atomic mass is 10.2. The summed E-state index contributed by atoms with van der Waals surface area (Å²) in [5, 5.41) is 14.6. The van der Waals surface area contributed by atoms with Crippen molar-refractivity contribution >= 4 is 21.2 Å². The quantitative estimate of drug-likeness (QED) is 0.649. The molecule has 1 aromatic rings. The third kappa shape index (κ3) is 2.82. The summed E-state index contributed by atoms with van der Waals surface area (Å²) in [5.74, 6) is 0.0178. The van der Waals surface area contributed by atoms with Gasteiger partial charge in [-0.1, -0.05) is 6.08 Å². The van der Waals surface area contributed by atoms with Crippen LogP contribution in [0.25, 0.3) is 0 Å². The summed E-state index contributed by atoms with van der Waals surface area (Å²) in [6.07, 6.45) is 1.57. The van der Waals surface area contributed by atoms with Crippen LogP contribution < -0.4 is 5.32 Å². The lowest BCUT2D eigenvalue weighted by molar-refractivity contribution is -0.384. The molecule has 0 radical (unpaired) electrons. The molecule has 0 amide bonds. The summed E-state index contributed by atoms with van der Waals surface area (Å²) in [7, 11) is -3.09. The highest BCUT2D eigenvalue weighted by atomic mass is 32.2. The fourth-order valence-corrected chi connectivity index (χ4v) is 2.79. The van der Waals surface area contributed by atoms with Gasteiger partial charge in [0.25, 0.3) is 5.69 Å². The normalized spacial score (nSPS) is 21.3. The summed E-state index contributed by atoms with van der Waals surface area (Å²) in [5.41, 5.74) is 0.660. The zero-order valence-electron chi connectivity index (χ0n) is 8.74. The van der Waals surface area contributed by atoms with Crippen LogP contribution in [-0.4, -0.2) is 25.1 Å². The van der Waals surface area contributed by atoms with Gasteiger partial charge in [-0.3, -0.25) is 10.1 Å². The van der Waals surface area contributed by atoms with Crippen molar-refractivity contribution in [3.05, 3.63) is 45.9 Å². The second-order valence-electron chi connectivity index (χ2n) is 3.71. The molecule has 1 aliphatic heterocycles. The predicted molar refractivity (Wildman–Crippen MR) is 63.4 cm³/mol. The van der Waals surface area contributed by atoms with E-state index in [-0.39, 0.29) is 17.5 Å². The number of sulfone groups is 1. The molecule has 17 heavy (non-hydrogen) atoms. The highest BCUT2D eigenvalue weighted by molar-refractivity contribution is 7.94. The first-order chi connectivity index (χ1) is 7.96. The average Bonchev–Trinajstić information content (AvgIpc) is 2.59. The molecule has 1 aliphatic rings. The Kier molecular flexibility index (Phi) is 2.84. The lowest BCUT2D eigenvalue weighted by Gasteiger charge is -2.10. The third-order valence-corrected chi connectivity index (χ3v) is 3.76. The van der Waals surface area contributed by atoms with E-state index in [2.05, 4.69) is 5.32 Å². The second-order valence-corrected chi connectivity index (χ2v) is 5.64. The van der Waals surface area contributed by atoms with E-state index in [0.717, 1.165) is 0 Å². The van der Waals surface area contributed by atoms with Gasteiger partial charge in [0.2, 0.25) is 0 Å². The minimum absolute atomic E-state index is 0.00476. The number of hydrogen-bond donors (Lipinski definition) is 1. The van der Waals surface area contributed by atoms with Gasteiger partial charge < -0.3 is 5.32 Å². The Balaban J connectivity index is 2.06. The number of benzene rings is 1. The molecule has 1 aromatic carbocycles. The summed E-state index contributed by atoms with van der Waals surface area (Å²) in [6, 6.07) is 5.57. The zero-order chi connectivity index (χ0) is 12.5. The van der Waals surface area contributed by atoms with E-state index in [1.165, 1.54) is 17.5 Å². The number of nitrogens with one attached hydrogen (secondary N) is 1. The molecule has 0 aliphatic carbocycles. The number of rotatable bonds is 3. The highest BCUT2D eigenvalue weighted by Gasteiger charge is 2.21. The number of non-ortho nitro benzene ring substituents is 1. The molecule has 0 saturated heterocycles. The van der Waals surface area contributed by atoms with Crippen LogP contribution in [0.4, 0.5) is 11.4 Å². The summed E-state index contributed by atoms with van der Waals surface area (Å²) in [6.45, 7) is 0. The largest absolute Gasteiger partial charge is 0.378 e. The maximum absolute atomic E-state index is 11.2. The van der Waals surface area contributed by atoms with Crippen LogP contribution in [0.5, 0.6) is 0 Å². The first-order valence-corrected chi connectivity index (χ1v) is 6.60. The maximum atomic E-state index is 11.2. The fraction of sp³-hybridized carbons (Fsp3) is 0.200. The minimum atomic E-state index is -3.09. The van der Waals surface area contributed by atoms with Crippen molar-refractivity contribution in [2.24, 2.45) is 0 Å². The van der Waals surface area contributed by atoms with Crippen molar-refractivity contribution in [3.63, 3.8) is 0 Å². The van der Waals surface area contributed by atoms with Crippen LogP contribution in [0.15, 0.2) is 35.7 Å². The van der Waals surface area contributed by atoms with Crippen molar-refractivity contribution in [1.82, 2.24) is 0 Å². The Morgan fingerprint density at radius 2 is 1.94 bits per heavy atom. The van der Waals surface area contributed by atoms with Crippen molar-refractivity contribution in [1.29, 1.82) is 0 Å². The Morgan fingerprint density at radius 1 is 1.29 bits per heavy atom. The number of nitro groups is 1. The van der Waals surface area contributed by atoms with Gasteiger partial charge in [0, 0.05) is 23.2 Å². The molecule has 1 heterocycles. The van der Waals surface area contributed by atoms with Gasteiger partial charge in [0.15, 0.2) is 9.84 Å². The molecule has 1 unspecified atom stereocenters. The van der Waals surface area contributed by atoms with Crippen LogP contribution in [0, 0.1) is 10.1 Å². The Labute approximate surface area is 98.0 Å². The van der Waals surface area contributed by atoms with E-state index < -0.39 is 14.8 Å². The Morgan fingerprint density at radius 3 is 2.41 bits per heavy atom. The Hall–Kier alpha value is -1.89. The number of anilines is 1. The SMILES string of the molecule is O=[N+]([O-])c1ccc(NC2C=CS(=O)(=O)C2)cc1. The van der Waals surface area contributed by atoms with Crippen LogP contribution in [0.2, 0.25) is 0 Å². The number of hydrogen-bond acceptors (Lipinski definition) is 5. The van der Waals surface area contributed by atoms with Gasteiger partial charge in [0.05, 0.1) is 16.7 Å². The first-order valence-electron chi connectivity index (χ1n) is 4.88. The molecular formula is C10H10N2O4S. The van der Waals surface area contributed by atoms with Gasteiger partial charge >= 0.3 is 0 Å². The lowest BCUT2D eigenvalue weighted by Crippen LogP contribution is -2.20. The monoisotopic (exact) mass is 254 g/mol. The Bertz CT molecular complexity index is 562. The van der Waals surface area contributed by atoms with Gasteiger partial charge in [-0.25, -0.2) is 8.42 Å². The van der Waals surface area contributed by atoms with E-state index >= 15 is 0 Å². The van der Waals surface area contributed by atoms with E-state index in [1.807, 2.05) is 0 Å². The molecule has 90 valence electrons. The van der Waals surface area contributed by atoms with Crippen molar-refractivity contribution in [2.45, 2.75) is 6.04 Å². The predicted octanol–water partition coefficient (Wildman–Crippen LogP) is 1.32. The molecule has 0 spiro atoms. The van der Waals surface area contributed by atoms with Gasteiger partial charge in [-0.05, 0) is 12.1 Å². The number of nitro benzene ring substituents is 1. The molecule has 2 rings (SSSR count). The van der Waals surface area contributed by atoms with Crippen molar-refractivity contribution < 1.29 is 13.3 Å². The average molecular weight is 254 g/mol. The molecule has 0 aromatic heterocycles. The van der Waals surface area contributed by atoms with E-state index in [0.29, 0.717) is 5.69 Å².